The molecule has 176 valence electrons. The van der Waals surface area contributed by atoms with Gasteiger partial charge in [0.05, 0.1) is 30.1 Å². The second-order valence-corrected chi connectivity index (χ2v) is 8.09. The number of methoxy groups -OCH3 is 1. The quantitative estimate of drug-likeness (QED) is 0.603. The van der Waals surface area contributed by atoms with Crippen molar-refractivity contribution in [3.8, 4) is 17.3 Å². The Bertz CT molecular complexity index is 1240. The van der Waals surface area contributed by atoms with Crippen LogP contribution < -0.4 is 19.9 Å². The predicted molar refractivity (Wildman–Crippen MR) is 120 cm³/mol. The summed E-state index contributed by atoms with van der Waals surface area (Å²) in [5.74, 6) is 0.676. The zero-order valence-corrected chi connectivity index (χ0v) is 18.2. The highest BCUT2D eigenvalue weighted by atomic mass is 19.4. The van der Waals surface area contributed by atoms with E-state index in [9.17, 15) is 18.0 Å². The molecule has 2 aliphatic heterocycles. The van der Waals surface area contributed by atoms with Gasteiger partial charge in [-0.3, -0.25) is 10.2 Å². The molecule has 2 bridgehead atoms. The Labute approximate surface area is 193 Å². The maximum atomic E-state index is 13.4. The highest BCUT2D eigenvalue weighted by Crippen LogP contribution is 2.40. The molecule has 1 atom stereocenters. The van der Waals surface area contributed by atoms with Crippen LogP contribution in [0.3, 0.4) is 0 Å². The number of nitrogens with one attached hydrogen (secondary N) is 1. The maximum Gasteiger partial charge on any atom is 0.416 e. The van der Waals surface area contributed by atoms with Crippen LogP contribution in [0.1, 0.15) is 18.4 Å². The number of pyridine rings is 1. The molecule has 4 heterocycles. The Kier molecular flexibility index (Phi) is 5.46. The number of alkyl halides is 3. The molecule has 5 rings (SSSR count). The number of hydrogen-bond acceptors (Lipinski definition) is 6. The zero-order chi connectivity index (χ0) is 23.9. The van der Waals surface area contributed by atoms with Gasteiger partial charge in [0.1, 0.15) is 5.82 Å². The molecule has 8 nitrogen and oxygen atoms in total. The van der Waals surface area contributed by atoms with E-state index in [0.717, 1.165) is 37.2 Å². The summed E-state index contributed by atoms with van der Waals surface area (Å²) in [6, 6.07) is 9.62. The number of benzene rings is 1. The molecule has 0 saturated carbocycles. The first-order valence-electron chi connectivity index (χ1n) is 10.7. The van der Waals surface area contributed by atoms with Crippen molar-refractivity contribution in [2.24, 2.45) is 0 Å². The molecular formula is C23H21F3N6O2. The van der Waals surface area contributed by atoms with E-state index < -0.39 is 17.8 Å². The van der Waals surface area contributed by atoms with Crippen molar-refractivity contribution in [2.45, 2.75) is 25.1 Å². The van der Waals surface area contributed by atoms with Crippen LogP contribution >= 0.6 is 0 Å². The van der Waals surface area contributed by atoms with Gasteiger partial charge in [-0.05, 0) is 43.2 Å². The second kappa shape index (κ2) is 8.47. The number of fused-ring (bicyclic) bond motifs is 4. The lowest BCUT2D eigenvalue weighted by Gasteiger charge is -2.45. The van der Waals surface area contributed by atoms with Crippen LogP contribution in [-0.2, 0) is 6.18 Å². The first-order valence-corrected chi connectivity index (χ1v) is 10.7. The summed E-state index contributed by atoms with van der Waals surface area (Å²) in [5.41, 5.74) is 0.691. The van der Waals surface area contributed by atoms with E-state index >= 15 is 0 Å². The number of amides is 2. The maximum absolute atomic E-state index is 13.4. The predicted octanol–water partition coefficient (Wildman–Crippen LogP) is 4.59. The summed E-state index contributed by atoms with van der Waals surface area (Å²) in [7, 11) is 1.43. The molecule has 2 aliphatic rings. The number of hydrogen-bond donors (Lipinski definition) is 1. The van der Waals surface area contributed by atoms with Crippen LogP contribution in [0.2, 0.25) is 0 Å². The van der Waals surface area contributed by atoms with E-state index in [-0.39, 0.29) is 17.9 Å². The number of urea groups is 1. The first-order chi connectivity index (χ1) is 16.3. The van der Waals surface area contributed by atoms with E-state index in [1.54, 1.807) is 23.1 Å². The van der Waals surface area contributed by atoms with Gasteiger partial charge in [-0.1, -0.05) is 12.1 Å². The van der Waals surface area contributed by atoms with Gasteiger partial charge in [0.25, 0.3) is 0 Å². The van der Waals surface area contributed by atoms with E-state index in [1.807, 2.05) is 6.07 Å². The van der Waals surface area contributed by atoms with Crippen molar-refractivity contribution in [2.75, 3.05) is 35.3 Å². The van der Waals surface area contributed by atoms with Crippen LogP contribution in [0.15, 0.2) is 48.7 Å². The van der Waals surface area contributed by atoms with Gasteiger partial charge >= 0.3 is 18.2 Å². The smallest absolute Gasteiger partial charge is 0.416 e. The summed E-state index contributed by atoms with van der Waals surface area (Å²) < 4.78 is 44.7. The standard InChI is InChI=1S/C23H21F3N6O2/c1-34-21-27-10-9-19(29-21)30-22(33)32-16-6-3-11-31(13-16)18-8-7-17(28-20(18)32)14-4-2-5-15(12-14)23(24,25)26/h2,4-5,7-10,12,16H,3,6,11,13H2,1H3,(H,27,29,30,33)/t16-/m1/s1. The molecule has 1 N–H and O–H groups in total. The third-order valence-electron chi connectivity index (χ3n) is 5.94. The summed E-state index contributed by atoms with van der Waals surface area (Å²) >= 11 is 0. The number of halogens is 3. The average molecular weight is 470 g/mol. The number of nitrogens with zero attached hydrogens (tertiary/aromatic N) is 5. The SMILES string of the molecule is COc1nccc(NC(=O)N2c3nc(-c4cccc(C(F)(F)F)c4)ccc3N3CCC[C@@H]2C3)n1. The molecule has 1 fully saturated rings. The van der Waals surface area contributed by atoms with Crippen molar-refractivity contribution in [1.29, 1.82) is 0 Å². The monoisotopic (exact) mass is 470 g/mol. The summed E-state index contributed by atoms with van der Waals surface area (Å²) in [5, 5.41) is 2.77. The molecule has 34 heavy (non-hydrogen) atoms. The topological polar surface area (TPSA) is 83.5 Å². The molecule has 0 aliphatic carbocycles. The second-order valence-electron chi connectivity index (χ2n) is 8.09. The Hall–Kier alpha value is -3.89. The van der Waals surface area contributed by atoms with Crippen LogP contribution in [0.5, 0.6) is 6.01 Å². The minimum Gasteiger partial charge on any atom is -0.467 e. The van der Waals surface area contributed by atoms with E-state index in [1.165, 1.54) is 19.4 Å². The number of rotatable bonds is 3. The van der Waals surface area contributed by atoms with Gasteiger partial charge < -0.3 is 9.64 Å². The molecule has 0 spiro atoms. The van der Waals surface area contributed by atoms with Crippen molar-refractivity contribution in [1.82, 2.24) is 15.0 Å². The van der Waals surface area contributed by atoms with Crippen molar-refractivity contribution in [3.05, 3.63) is 54.2 Å². The summed E-state index contributed by atoms with van der Waals surface area (Å²) in [6.07, 6.45) is -1.30. The molecule has 11 heteroatoms. The van der Waals surface area contributed by atoms with Gasteiger partial charge in [0, 0.05) is 24.8 Å². The number of piperidine rings is 1. The lowest BCUT2D eigenvalue weighted by molar-refractivity contribution is -0.137. The Morgan fingerprint density at radius 1 is 1.18 bits per heavy atom. The van der Waals surface area contributed by atoms with E-state index in [2.05, 4.69) is 25.2 Å². The van der Waals surface area contributed by atoms with Crippen LogP contribution in [0.25, 0.3) is 11.3 Å². The lowest BCUT2D eigenvalue weighted by atomic mass is 9.99. The number of carbonyl (C=O) groups is 1. The molecule has 0 radical (unpaired) electrons. The Morgan fingerprint density at radius 2 is 2.03 bits per heavy atom. The average Bonchev–Trinajstić information content (AvgIpc) is 2.83. The summed E-state index contributed by atoms with van der Waals surface area (Å²) in [4.78, 5) is 29.8. The van der Waals surface area contributed by atoms with Gasteiger partial charge in [0.15, 0.2) is 5.82 Å². The minimum atomic E-state index is -4.46. The van der Waals surface area contributed by atoms with Crippen molar-refractivity contribution < 1.29 is 22.7 Å². The van der Waals surface area contributed by atoms with Gasteiger partial charge in [-0.15, -0.1) is 0 Å². The normalized spacial score (nSPS) is 17.2. The Morgan fingerprint density at radius 3 is 2.82 bits per heavy atom. The molecule has 1 saturated heterocycles. The van der Waals surface area contributed by atoms with Crippen LogP contribution in [-0.4, -0.2) is 47.2 Å². The zero-order valence-electron chi connectivity index (χ0n) is 18.2. The van der Waals surface area contributed by atoms with Gasteiger partial charge in [-0.2, -0.15) is 18.2 Å². The minimum absolute atomic E-state index is 0.116. The number of carbonyl (C=O) groups excluding carboxylic acids is 1. The fourth-order valence-corrected chi connectivity index (χ4v) is 4.38. The van der Waals surface area contributed by atoms with Crippen molar-refractivity contribution in [3.63, 3.8) is 0 Å². The third-order valence-corrected chi connectivity index (χ3v) is 5.94. The number of anilines is 3. The molecule has 1 aromatic carbocycles. The van der Waals surface area contributed by atoms with E-state index in [4.69, 9.17) is 4.74 Å². The van der Waals surface area contributed by atoms with Crippen LogP contribution in [0.4, 0.5) is 35.3 Å². The lowest BCUT2D eigenvalue weighted by Crippen LogP contribution is -2.56. The van der Waals surface area contributed by atoms with Crippen molar-refractivity contribution >= 4 is 23.4 Å². The number of aromatic nitrogens is 3. The molecule has 2 aromatic heterocycles. The first kappa shape index (κ1) is 21.9. The third kappa shape index (κ3) is 4.09. The van der Waals surface area contributed by atoms with Gasteiger partial charge in [-0.25, -0.2) is 14.8 Å². The largest absolute Gasteiger partial charge is 0.467 e. The fourth-order valence-electron chi connectivity index (χ4n) is 4.38. The highest BCUT2D eigenvalue weighted by Gasteiger charge is 2.38. The summed E-state index contributed by atoms with van der Waals surface area (Å²) in [6.45, 7) is 1.48. The van der Waals surface area contributed by atoms with E-state index in [0.29, 0.717) is 23.6 Å². The Balaban J connectivity index is 1.53. The fraction of sp³-hybridized carbons (Fsp3) is 0.304. The van der Waals surface area contributed by atoms with Crippen LogP contribution in [0, 0.1) is 0 Å². The number of ether oxygens (including phenoxy) is 1. The molecule has 3 aromatic rings. The molecule has 0 unspecified atom stereocenters. The molecule has 2 amide bonds. The van der Waals surface area contributed by atoms with Gasteiger partial charge in [0.2, 0.25) is 0 Å². The molecular weight excluding hydrogens is 449 g/mol. The highest BCUT2D eigenvalue weighted by molar-refractivity contribution is 6.04.